The third-order valence-electron chi connectivity index (χ3n) is 3.08. The first-order chi connectivity index (χ1) is 9.19. The second-order valence-electron chi connectivity index (χ2n) is 4.61. The standard InChI is InChI=1S/C16H18N2O/c1-3-13-6-8-15(9-7-13)16(19)17-11-14-5-4-10-18(2)12-14/h4-10,12H,3,11H2,1-2H3/p+1. The van der Waals surface area contributed by atoms with E-state index in [1.54, 1.807) is 0 Å². The molecule has 0 bridgehead atoms. The molecule has 1 N–H and O–H groups in total. The molecule has 0 saturated heterocycles. The molecule has 1 amide bonds. The van der Waals surface area contributed by atoms with Crippen LogP contribution >= 0.6 is 0 Å². The Hall–Kier alpha value is -2.16. The number of nitrogens with one attached hydrogen (secondary N) is 1. The highest BCUT2D eigenvalue weighted by molar-refractivity contribution is 5.94. The molecule has 1 heterocycles. The molecule has 0 radical (unpaired) electrons. The highest BCUT2D eigenvalue weighted by atomic mass is 16.1. The third-order valence-corrected chi connectivity index (χ3v) is 3.08. The summed E-state index contributed by atoms with van der Waals surface area (Å²) in [6.07, 6.45) is 4.96. The van der Waals surface area contributed by atoms with Crippen LogP contribution in [0.1, 0.15) is 28.4 Å². The largest absolute Gasteiger partial charge is 0.348 e. The summed E-state index contributed by atoms with van der Waals surface area (Å²) in [6, 6.07) is 11.7. The monoisotopic (exact) mass is 255 g/mol. The molecule has 0 saturated carbocycles. The van der Waals surface area contributed by atoms with Crippen LogP contribution in [-0.2, 0) is 20.0 Å². The van der Waals surface area contributed by atoms with E-state index in [0.29, 0.717) is 12.1 Å². The van der Waals surface area contributed by atoms with Crippen molar-refractivity contribution in [2.24, 2.45) is 7.05 Å². The molecule has 0 unspecified atom stereocenters. The van der Waals surface area contributed by atoms with E-state index < -0.39 is 0 Å². The van der Waals surface area contributed by atoms with Crippen molar-refractivity contribution in [3.05, 3.63) is 65.5 Å². The first kappa shape index (κ1) is 13.3. The lowest BCUT2D eigenvalue weighted by molar-refractivity contribution is -0.671. The van der Waals surface area contributed by atoms with Gasteiger partial charge in [-0.15, -0.1) is 0 Å². The van der Waals surface area contributed by atoms with Gasteiger partial charge in [-0.25, -0.2) is 4.57 Å². The zero-order valence-electron chi connectivity index (χ0n) is 11.4. The normalized spacial score (nSPS) is 10.2. The fraction of sp³-hybridized carbons (Fsp3) is 0.250. The van der Waals surface area contributed by atoms with Gasteiger partial charge in [0, 0.05) is 23.7 Å². The molecule has 1 aromatic heterocycles. The Morgan fingerprint density at radius 2 is 1.89 bits per heavy atom. The lowest BCUT2D eigenvalue weighted by Crippen LogP contribution is -2.29. The van der Waals surface area contributed by atoms with E-state index >= 15 is 0 Å². The SMILES string of the molecule is CCc1ccc(C(=O)NCc2ccc[n+](C)c2)cc1. The average molecular weight is 255 g/mol. The highest BCUT2D eigenvalue weighted by Crippen LogP contribution is 2.05. The topological polar surface area (TPSA) is 33.0 Å². The zero-order valence-corrected chi connectivity index (χ0v) is 11.4. The second-order valence-corrected chi connectivity index (χ2v) is 4.61. The van der Waals surface area contributed by atoms with Crippen LogP contribution in [0.3, 0.4) is 0 Å². The van der Waals surface area contributed by atoms with Crippen LogP contribution < -0.4 is 9.88 Å². The van der Waals surface area contributed by atoms with E-state index in [4.69, 9.17) is 0 Å². The van der Waals surface area contributed by atoms with Gasteiger partial charge in [-0.1, -0.05) is 19.1 Å². The lowest BCUT2D eigenvalue weighted by atomic mass is 10.1. The molecule has 2 rings (SSSR count). The molecule has 0 atom stereocenters. The van der Waals surface area contributed by atoms with Crippen molar-refractivity contribution < 1.29 is 9.36 Å². The lowest BCUT2D eigenvalue weighted by Gasteiger charge is -2.05. The molecule has 3 nitrogen and oxygen atoms in total. The number of rotatable bonds is 4. The first-order valence-electron chi connectivity index (χ1n) is 6.50. The molecule has 98 valence electrons. The van der Waals surface area contributed by atoms with Gasteiger partial charge in [0.05, 0.1) is 0 Å². The van der Waals surface area contributed by atoms with E-state index in [1.165, 1.54) is 5.56 Å². The van der Waals surface area contributed by atoms with Crippen molar-refractivity contribution >= 4 is 5.91 Å². The number of benzene rings is 1. The number of hydrogen-bond donors (Lipinski definition) is 1. The maximum absolute atomic E-state index is 12.0. The number of pyridine rings is 1. The van der Waals surface area contributed by atoms with Crippen LogP contribution in [0.2, 0.25) is 0 Å². The average Bonchev–Trinajstić information content (AvgIpc) is 2.45. The van der Waals surface area contributed by atoms with Crippen LogP contribution in [-0.4, -0.2) is 5.91 Å². The Morgan fingerprint density at radius 3 is 2.53 bits per heavy atom. The minimum absolute atomic E-state index is 0.0332. The number of aryl methyl sites for hydroxylation is 2. The summed E-state index contributed by atoms with van der Waals surface area (Å²) in [4.78, 5) is 12.0. The molecule has 19 heavy (non-hydrogen) atoms. The van der Waals surface area contributed by atoms with Crippen LogP contribution in [0.5, 0.6) is 0 Å². The van der Waals surface area contributed by atoms with E-state index in [0.717, 1.165) is 12.0 Å². The minimum atomic E-state index is -0.0332. The van der Waals surface area contributed by atoms with Crippen LogP contribution in [0, 0.1) is 0 Å². The van der Waals surface area contributed by atoms with Crippen molar-refractivity contribution in [3.8, 4) is 0 Å². The van der Waals surface area contributed by atoms with Gasteiger partial charge in [0.1, 0.15) is 7.05 Å². The number of aromatic nitrogens is 1. The highest BCUT2D eigenvalue weighted by Gasteiger charge is 2.06. The summed E-state index contributed by atoms with van der Waals surface area (Å²) in [5, 5.41) is 2.93. The van der Waals surface area contributed by atoms with E-state index in [1.807, 2.05) is 60.4 Å². The maximum atomic E-state index is 12.0. The van der Waals surface area contributed by atoms with Gasteiger partial charge in [-0.05, 0) is 30.2 Å². The molecule has 2 aromatic rings. The fourth-order valence-corrected chi connectivity index (χ4v) is 1.93. The van der Waals surface area contributed by atoms with Crippen molar-refractivity contribution in [2.45, 2.75) is 19.9 Å². The van der Waals surface area contributed by atoms with Crippen molar-refractivity contribution in [3.63, 3.8) is 0 Å². The maximum Gasteiger partial charge on any atom is 0.251 e. The number of carbonyl (C=O) groups excluding carboxylic acids is 1. The van der Waals surface area contributed by atoms with Gasteiger partial charge in [-0.2, -0.15) is 0 Å². The smallest absolute Gasteiger partial charge is 0.251 e. The Labute approximate surface area is 113 Å². The summed E-state index contributed by atoms with van der Waals surface area (Å²) < 4.78 is 1.97. The second kappa shape index (κ2) is 6.14. The third kappa shape index (κ3) is 3.65. The van der Waals surface area contributed by atoms with Gasteiger partial charge in [0.2, 0.25) is 0 Å². The van der Waals surface area contributed by atoms with Crippen molar-refractivity contribution in [2.75, 3.05) is 0 Å². The van der Waals surface area contributed by atoms with Crippen LogP contribution in [0.25, 0.3) is 0 Å². The van der Waals surface area contributed by atoms with E-state index in [-0.39, 0.29) is 5.91 Å². The predicted octanol–water partition coefficient (Wildman–Crippen LogP) is 2.00. The molecule has 0 aliphatic carbocycles. The number of hydrogen-bond acceptors (Lipinski definition) is 1. The number of amides is 1. The Morgan fingerprint density at radius 1 is 1.16 bits per heavy atom. The Bertz CT molecular complexity index is 561. The van der Waals surface area contributed by atoms with Crippen LogP contribution in [0.15, 0.2) is 48.8 Å². The van der Waals surface area contributed by atoms with Gasteiger partial charge in [0.25, 0.3) is 5.91 Å². The minimum Gasteiger partial charge on any atom is -0.348 e. The summed E-state index contributed by atoms with van der Waals surface area (Å²) in [5.41, 5.74) is 3.03. The molecule has 0 aliphatic rings. The summed E-state index contributed by atoms with van der Waals surface area (Å²) in [6.45, 7) is 2.65. The number of nitrogens with zero attached hydrogens (tertiary/aromatic N) is 1. The van der Waals surface area contributed by atoms with Crippen molar-refractivity contribution in [1.82, 2.24) is 5.32 Å². The molecule has 0 aliphatic heterocycles. The zero-order chi connectivity index (χ0) is 13.7. The quantitative estimate of drug-likeness (QED) is 0.833. The van der Waals surface area contributed by atoms with Crippen molar-refractivity contribution in [1.29, 1.82) is 0 Å². The molecular formula is C16H19N2O+. The summed E-state index contributed by atoms with van der Waals surface area (Å²) >= 11 is 0. The molecule has 1 aromatic carbocycles. The summed E-state index contributed by atoms with van der Waals surface area (Å²) in [7, 11) is 1.97. The molecule has 0 spiro atoms. The van der Waals surface area contributed by atoms with Gasteiger partial charge < -0.3 is 5.32 Å². The fourth-order valence-electron chi connectivity index (χ4n) is 1.93. The number of carbonyl (C=O) groups is 1. The van der Waals surface area contributed by atoms with E-state index in [2.05, 4.69) is 12.2 Å². The van der Waals surface area contributed by atoms with E-state index in [9.17, 15) is 4.79 Å². The Balaban J connectivity index is 1.97. The Kier molecular flexibility index (Phi) is 4.29. The van der Waals surface area contributed by atoms with Gasteiger partial charge in [0.15, 0.2) is 12.4 Å². The van der Waals surface area contributed by atoms with Gasteiger partial charge >= 0.3 is 0 Å². The molecule has 0 fully saturated rings. The molecular weight excluding hydrogens is 236 g/mol. The predicted molar refractivity (Wildman–Crippen MR) is 74.6 cm³/mol. The van der Waals surface area contributed by atoms with Crippen LogP contribution in [0.4, 0.5) is 0 Å². The summed E-state index contributed by atoms with van der Waals surface area (Å²) in [5.74, 6) is -0.0332. The first-order valence-corrected chi connectivity index (χ1v) is 6.50. The molecule has 3 heteroatoms. The van der Waals surface area contributed by atoms with Gasteiger partial charge in [-0.3, -0.25) is 4.79 Å².